The molecule has 0 radical (unpaired) electrons. The largest absolute Gasteiger partial charge is 0.376 e. The number of rotatable bonds is 16. The minimum absolute atomic E-state index is 0.0234. The number of anilines is 2. The molecular formula is C42H46ClN7O6S3. The zero-order valence-corrected chi connectivity index (χ0v) is 35.8. The van der Waals surface area contributed by atoms with E-state index < -0.39 is 36.8 Å². The maximum Gasteiger partial charge on any atom is 0.293 e. The Kier molecular flexibility index (Phi) is 13.3. The molecule has 2 aliphatic heterocycles. The molecule has 310 valence electrons. The second-order valence-electron chi connectivity index (χ2n) is 14.8. The second kappa shape index (κ2) is 18.4. The third-order valence-corrected chi connectivity index (χ3v) is 14.7. The van der Waals surface area contributed by atoms with Crippen molar-refractivity contribution in [3.8, 4) is 11.1 Å². The molecule has 2 heterocycles. The van der Waals surface area contributed by atoms with Crippen molar-refractivity contribution in [1.82, 2.24) is 19.2 Å². The highest BCUT2D eigenvalue weighted by molar-refractivity contribution is 7.99. The van der Waals surface area contributed by atoms with E-state index in [1.807, 2.05) is 85.7 Å². The van der Waals surface area contributed by atoms with Crippen LogP contribution in [0.15, 0.2) is 130 Å². The highest BCUT2D eigenvalue weighted by Crippen LogP contribution is 2.36. The molecule has 7 rings (SSSR count). The molecule has 5 aromatic carbocycles. The molecule has 0 aromatic heterocycles. The van der Waals surface area contributed by atoms with Gasteiger partial charge in [-0.2, -0.15) is 9.44 Å². The summed E-state index contributed by atoms with van der Waals surface area (Å²) >= 11 is 7.75. The molecule has 3 N–H and O–H groups in total. The van der Waals surface area contributed by atoms with Crippen molar-refractivity contribution in [3.05, 3.63) is 142 Å². The van der Waals surface area contributed by atoms with E-state index in [2.05, 4.69) is 36.7 Å². The fraction of sp³-hybridized carbons (Fsp3) is 0.286. The molecule has 0 aliphatic carbocycles. The van der Waals surface area contributed by atoms with Gasteiger partial charge in [-0.05, 0) is 92.3 Å². The lowest BCUT2D eigenvalue weighted by molar-refractivity contribution is -0.384. The molecule has 5 aromatic rings. The molecule has 0 bridgehead atoms. The van der Waals surface area contributed by atoms with Crippen LogP contribution in [0.4, 0.5) is 17.1 Å². The number of sulfonamides is 2. The molecule has 2 aliphatic rings. The first-order chi connectivity index (χ1) is 28.3. The Balaban J connectivity index is 1.02. The Hall–Kier alpha value is -4.52. The highest BCUT2D eigenvalue weighted by Gasteiger charge is 2.38. The molecule has 13 nitrogen and oxygen atoms in total. The summed E-state index contributed by atoms with van der Waals surface area (Å²) in [6.07, 6.45) is -0.625. The minimum Gasteiger partial charge on any atom is -0.376 e. The standard InChI is InChI=1S/C42H46ClN7O6S3/c1-47(2)21-20-33(29-57-35-9-4-3-5-10-35)44-39-19-17-36(27-40(39)50(51)52)58(53,54)45-42-38-18-16-34(26-41(38)59(55,56)46-42)49-24-22-48(23-25-49)28-31-8-6-7-11-37(31)30-12-14-32(43)15-13-30/h3-19,26-27,33,42,44-46H,20-25,28-29H2,1-2H3/t33-,42?/m1/s1. The van der Waals surface area contributed by atoms with Crippen LogP contribution < -0.4 is 19.7 Å². The molecule has 1 saturated heterocycles. The number of thioether (sulfide) groups is 1. The van der Waals surface area contributed by atoms with E-state index in [4.69, 9.17) is 11.6 Å². The Morgan fingerprint density at radius 2 is 1.64 bits per heavy atom. The van der Waals surface area contributed by atoms with Crippen molar-refractivity contribution in [2.45, 2.75) is 39.9 Å². The normalized spacial score (nSPS) is 17.2. The first-order valence-electron chi connectivity index (χ1n) is 19.1. The van der Waals surface area contributed by atoms with Crippen molar-refractivity contribution in [2.75, 3.05) is 62.8 Å². The van der Waals surface area contributed by atoms with E-state index in [1.54, 1.807) is 30.0 Å². The van der Waals surface area contributed by atoms with E-state index in [-0.39, 0.29) is 27.1 Å². The summed E-state index contributed by atoms with van der Waals surface area (Å²) < 4.78 is 59.1. The summed E-state index contributed by atoms with van der Waals surface area (Å²) in [5.41, 5.74) is 4.18. The number of nitrogens with one attached hydrogen (secondary N) is 3. The number of halogens is 1. The minimum atomic E-state index is -4.43. The van der Waals surface area contributed by atoms with Gasteiger partial charge in [0.15, 0.2) is 0 Å². The maximum atomic E-state index is 13.7. The van der Waals surface area contributed by atoms with Gasteiger partial charge in [0.1, 0.15) is 11.9 Å². The van der Waals surface area contributed by atoms with Gasteiger partial charge in [-0.25, -0.2) is 16.8 Å². The van der Waals surface area contributed by atoms with E-state index >= 15 is 0 Å². The Bertz CT molecular complexity index is 2500. The fourth-order valence-electron chi connectivity index (χ4n) is 7.25. The van der Waals surface area contributed by atoms with Crippen LogP contribution in [-0.2, 0) is 26.6 Å². The summed E-state index contributed by atoms with van der Waals surface area (Å²) in [5.74, 6) is 0.622. The first kappa shape index (κ1) is 42.6. The van der Waals surface area contributed by atoms with Crippen LogP contribution in [0.3, 0.4) is 0 Å². The number of nitro groups is 1. The Morgan fingerprint density at radius 1 is 0.932 bits per heavy atom. The van der Waals surface area contributed by atoms with Gasteiger partial charge >= 0.3 is 0 Å². The Labute approximate surface area is 355 Å². The molecule has 59 heavy (non-hydrogen) atoms. The fourth-order valence-corrected chi connectivity index (χ4v) is 11.0. The van der Waals surface area contributed by atoms with Crippen LogP contribution in [0, 0.1) is 10.1 Å². The van der Waals surface area contributed by atoms with Gasteiger partial charge in [-0.3, -0.25) is 15.0 Å². The molecule has 1 fully saturated rings. The van der Waals surface area contributed by atoms with Gasteiger partial charge in [-0.15, -0.1) is 11.8 Å². The van der Waals surface area contributed by atoms with Gasteiger partial charge in [0.25, 0.3) is 5.69 Å². The predicted octanol–water partition coefficient (Wildman–Crippen LogP) is 7.03. The van der Waals surface area contributed by atoms with Crippen LogP contribution in [0.1, 0.15) is 23.7 Å². The number of hydrogen-bond donors (Lipinski definition) is 3. The molecule has 17 heteroatoms. The van der Waals surface area contributed by atoms with Crippen LogP contribution in [0.5, 0.6) is 0 Å². The van der Waals surface area contributed by atoms with Crippen LogP contribution >= 0.6 is 23.4 Å². The van der Waals surface area contributed by atoms with Gasteiger partial charge in [0.2, 0.25) is 20.0 Å². The summed E-state index contributed by atoms with van der Waals surface area (Å²) in [7, 11) is -4.61. The smallest absolute Gasteiger partial charge is 0.293 e. The zero-order chi connectivity index (χ0) is 41.7. The van der Waals surface area contributed by atoms with Crippen molar-refractivity contribution in [3.63, 3.8) is 0 Å². The predicted molar refractivity (Wildman–Crippen MR) is 235 cm³/mol. The third kappa shape index (κ3) is 10.4. The SMILES string of the molecule is CN(C)CC[C@H](CSc1ccccc1)Nc1ccc(S(=O)(=O)NC2NS(=O)(=O)c3cc(N4CCN(Cc5ccccc5-c5ccc(Cl)cc5)CC4)ccc32)cc1[N+](=O)[O-]. The quantitative estimate of drug-likeness (QED) is 0.0532. The molecule has 0 spiro atoms. The second-order valence-corrected chi connectivity index (χ2v) is 19.7. The summed E-state index contributed by atoms with van der Waals surface area (Å²) in [6, 6.07) is 34.4. The number of piperazine rings is 1. The van der Waals surface area contributed by atoms with Crippen LogP contribution in [0.2, 0.25) is 5.02 Å². The maximum absolute atomic E-state index is 13.7. The van der Waals surface area contributed by atoms with E-state index in [1.165, 1.54) is 17.7 Å². The van der Waals surface area contributed by atoms with Crippen molar-refractivity contribution in [1.29, 1.82) is 0 Å². The van der Waals surface area contributed by atoms with E-state index in [0.29, 0.717) is 36.0 Å². The van der Waals surface area contributed by atoms with Crippen LogP contribution in [-0.4, -0.2) is 90.2 Å². The van der Waals surface area contributed by atoms with Gasteiger partial charge in [0.05, 0.1) is 14.7 Å². The number of nitrogens with zero attached hydrogens (tertiary/aromatic N) is 4. The summed E-state index contributed by atoms with van der Waals surface area (Å²) in [5, 5.41) is 16.3. The monoisotopic (exact) mass is 875 g/mol. The average molecular weight is 877 g/mol. The number of fused-ring (bicyclic) bond motifs is 1. The molecular weight excluding hydrogens is 830 g/mol. The molecule has 0 amide bonds. The van der Waals surface area contributed by atoms with E-state index in [0.717, 1.165) is 48.3 Å². The number of hydrogen-bond acceptors (Lipinski definition) is 11. The topological polar surface area (TPSA) is 157 Å². The first-order valence-corrected chi connectivity index (χ1v) is 23.5. The lowest BCUT2D eigenvalue weighted by Gasteiger charge is -2.36. The summed E-state index contributed by atoms with van der Waals surface area (Å²) in [4.78, 5) is 18.9. The van der Waals surface area contributed by atoms with Crippen molar-refractivity contribution in [2.24, 2.45) is 0 Å². The van der Waals surface area contributed by atoms with Crippen LogP contribution in [0.25, 0.3) is 11.1 Å². The molecule has 0 saturated carbocycles. The molecule has 2 atom stereocenters. The van der Waals surface area contributed by atoms with Crippen molar-refractivity contribution < 1.29 is 21.8 Å². The molecule has 1 unspecified atom stereocenters. The summed E-state index contributed by atoms with van der Waals surface area (Å²) in [6.45, 7) is 4.32. The Morgan fingerprint density at radius 3 is 2.36 bits per heavy atom. The lowest BCUT2D eigenvalue weighted by atomic mass is 9.99. The van der Waals surface area contributed by atoms with Gasteiger partial charge in [-0.1, -0.05) is 72.3 Å². The number of benzene rings is 5. The van der Waals surface area contributed by atoms with Gasteiger partial charge in [0, 0.05) is 71.8 Å². The van der Waals surface area contributed by atoms with Crippen molar-refractivity contribution >= 4 is 60.5 Å². The number of nitro benzene ring substituents is 1. The lowest BCUT2D eigenvalue weighted by Crippen LogP contribution is -2.46. The average Bonchev–Trinajstić information content (AvgIpc) is 3.47. The zero-order valence-electron chi connectivity index (χ0n) is 32.6. The highest BCUT2D eigenvalue weighted by atomic mass is 35.5. The van der Waals surface area contributed by atoms with E-state index in [9.17, 15) is 26.9 Å². The van der Waals surface area contributed by atoms with Gasteiger partial charge < -0.3 is 15.1 Å². The third-order valence-electron chi connectivity index (χ3n) is 10.4.